The number of halogens is 2. The van der Waals surface area contributed by atoms with E-state index in [4.69, 9.17) is 108 Å². The smallest absolute Gasteiger partial charge is 0.422 e. The molecule has 0 atom stereocenters. The molecule has 526 valence electrons. The van der Waals surface area contributed by atoms with Gasteiger partial charge in [-0.25, -0.2) is 28.7 Å². The van der Waals surface area contributed by atoms with Crippen molar-refractivity contribution in [1.82, 2.24) is 43.2 Å². The van der Waals surface area contributed by atoms with Crippen LogP contribution in [0.25, 0.3) is 0 Å². The van der Waals surface area contributed by atoms with Gasteiger partial charge in [-0.3, -0.25) is 20.0 Å². The summed E-state index contributed by atoms with van der Waals surface area (Å²) in [6, 6.07) is 89.6. The van der Waals surface area contributed by atoms with Crippen molar-refractivity contribution in [2.75, 3.05) is 35.2 Å². The lowest BCUT2D eigenvalue weighted by Gasteiger charge is -2.56. The number of hydrazine groups is 5. The molecule has 0 unspecified atom stereocenters. The van der Waals surface area contributed by atoms with Crippen molar-refractivity contribution in [2.24, 2.45) is 5.84 Å². The molecular weight excluding hydrogens is 1530 g/mol. The normalized spacial score (nSPS) is 18.4. The van der Waals surface area contributed by atoms with Gasteiger partial charge in [0.05, 0.1) is 0 Å². The van der Waals surface area contributed by atoms with Crippen LogP contribution in [0.1, 0.15) is 27.8 Å². The van der Waals surface area contributed by atoms with Gasteiger partial charge >= 0.3 is 36.8 Å². The molecule has 2 fully saturated rings. The zero-order valence-corrected chi connectivity index (χ0v) is 65.2. The third-order valence-electron chi connectivity index (χ3n) is 14.3. The second kappa shape index (κ2) is 35.6. The van der Waals surface area contributed by atoms with Gasteiger partial charge in [0.15, 0.2) is 0 Å². The molecule has 2 N–H and O–H groups in total. The molecule has 0 bridgehead atoms. The first-order valence-corrected chi connectivity index (χ1v) is 42.2. The SMILES string of the molecule is CN(C(=S)c1ccccc1)N1P(=O)(Oc2ccccc2)N(N(C)C(=S)c2ccccc2)P1(=O)Oc1ccccc1.CN(C(=S)c1ccccc1)N1P(=O)(Oc2ccccc2)N(N(C)C(=S)c2ccccc2)P1(=O)Oc1ccccc1.CN(N)C(=S)c1ccccc1.O=P(Cl)(Cl)Oc1ccccc1. The van der Waals surface area contributed by atoms with Crippen LogP contribution in [-0.2, 0) is 22.8 Å². The highest BCUT2D eigenvalue weighted by Crippen LogP contribution is 2.87. The van der Waals surface area contributed by atoms with Crippen LogP contribution < -0.4 is 28.5 Å². The number of para-hydroxylation sites is 5. The molecule has 0 spiro atoms. The van der Waals surface area contributed by atoms with E-state index in [9.17, 15) is 4.57 Å². The summed E-state index contributed by atoms with van der Waals surface area (Å²) in [6.45, 7) is 0. The maximum absolute atomic E-state index is 15.0. The molecule has 32 heteroatoms. The lowest BCUT2D eigenvalue weighted by Crippen LogP contribution is -2.59. The van der Waals surface area contributed by atoms with Gasteiger partial charge in [-0.15, -0.1) is 0 Å². The number of hydrogen-bond acceptors (Lipinski definition) is 16. The topological polar surface area (TPSA) is 187 Å². The van der Waals surface area contributed by atoms with Crippen LogP contribution >= 0.6 is 120 Å². The minimum atomic E-state index is -4.20. The van der Waals surface area contributed by atoms with E-state index >= 15 is 18.3 Å². The van der Waals surface area contributed by atoms with Crippen LogP contribution in [0.5, 0.6) is 28.7 Å². The van der Waals surface area contributed by atoms with Gasteiger partial charge in [0.1, 0.15) is 53.7 Å². The maximum Gasteiger partial charge on any atom is 0.451 e. The number of rotatable bonds is 19. The minimum Gasteiger partial charge on any atom is -0.422 e. The summed E-state index contributed by atoms with van der Waals surface area (Å²) in [6.07, 6.45) is -3.44. The average molecular weight is 1590 g/mol. The summed E-state index contributed by atoms with van der Waals surface area (Å²) in [5.74, 6) is 7.10. The van der Waals surface area contributed by atoms with Crippen LogP contribution in [0.15, 0.2) is 303 Å². The van der Waals surface area contributed by atoms with E-state index in [-0.39, 0.29) is 20.0 Å². The van der Waals surface area contributed by atoms with Crippen LogP contribution in [-0.4, -0.2) is 103 Å². The summed E-state index contributed by atoms with van der Waals surface area (Å²) in [5, 5.41) is 7.02. The minimum absolute atomic E-state index is 0.280. The van der Waals surface area contributed by atoms with Gasteiger partial charge < -0.3 is 27.6 Å². The first-order valence-electron chi connectivity index (χ1n) is 30.6. The van der Waals surface area contributed by atoms with E-state index in [2.05, 4.69) is 4.52 Å². The fraction of sp³-hybridized carbons (Fsp3) is 0.0714. The number of hydrogen-bond donors (Lipinski definition) is 1. The van der Waals surface area contributed by atoms with Crippen molar-refractivity contribution < 1.29 is 45.4 Å². The van der Waals surface area contributed by atoms with Gasteiger partial charge in [0, 0.05) is 85.5 Å². The quantitative estimate of drug-likeness (QED) is 0.0348. The molecule has 20 nitrogen and oxygen atoms in total. The van der Waals surface area contributed by atoms with Gasteiger partial charge in [-0.1, -0.05) is 304 Å². The Hall–Kier alpha value is -7.82. The number of benzene rings is 10. The molecule has 0 aromatic heterocycles. The van der Waals surface area contributed by atoms with Crippen molar-refractivity contribution in [3.8, 4) is 28.7 Å². The molecule has 0 aliphatic carbocycles. The second-order valence-corrected chi connectivity index (χ2v) is 36.6. The fourth-order valence-corrected chi connectivity index (χ4v) is 24.4. The van der Waals surface area contributed by atoms with Crippen LogP contribution in [0.4, 0.5) is 0 Å². The monoisotopic (exact) mass is 1590 g/mol. The Bertz CT molecular complexity index is 4230. The molecule has 0 saturated carbocycles. The molecule has 0 radical (unpaired) electrons. The van der Waals surface area contributed by atoms with Crippen molar-refractivity contribution >= 4 is 145 Å². The Morgan fingerprint density at radius 3 is 0.627 bits per heavy atom. The van der Waals surface area contributed by atoms with Crippen molar-refractivity contribution in [2.45, 2.75) is 0 Å². The van der Waals surface area contributed by atoms with Crippen molar-refractivity contribution in [1.29, 1.82) is 0 Å². The fourth-order valence-electron chi connectivity index (χ4n) is 9.70. The average Bonchev–Trinajstić information content (AvgIpc) is 0.686. The largest absolute Gasteiger partial charge is 0.451 e. The van der Waals surface area contributed by atoms with E-state index in [1.165, 1.54) is 25.0 Å². The summed E-state index contributed by atoms with van der Waals surface area (Å²) >= 11 is 38.4. The number of thiocarbonyl (C=S) groups is 5. The molecule has 2 aliphatic heterocycles. The Kier molecular flexibility index (Phi) is 27.3. The predicted molar refractivity (Wildman–Crippen MR) is 426 cm³/mol. The molecular formula is C70H67Cl2N10O10P5S5. The number of nitrogens with two attached hydrogens (primary N) is 1. The maximum atomic E-state index is 15.0. The van der Waals surface area contributed by atoms with Gasteiger partial charge in [-0.05, 0) is 78.9 Å². The van der Waals surface area contributed by atoms with E-state index in [1.54, 1.807) is 163 Å². The summed E-state index contributed by atoms with van der Waals surface area (Å²) in [5.41, 5.74) is 3.66. The molecule has 2 aliphatic rings. The lowest BCUT2D eigenvalue weighted by molar-refractivity contribution is 0.104. The zero-order chi connectivity index (χ0) is 73.2. The van der Waals surface area contributed by atoms with E-state index in [1.807, 2.05) is 176 Å². The summed E-state index contributed by atoms with van der Waals surface area (Å²) < 4.78 is 105. The molecule has 0 amide bonds. The molecule has 12 rings (SSSR count). The van der Waals surface area contributed by atoms with Crippen molar-refractivity contribution in [3.05, 3.63) is 331 Å². The first kappa shape index (κ1) is 78.3. The molecule has 10 aromatic rings. The standard InChI is InChI=1S/2C28H26N4O4P2S2.C8H10N2S.C6H5Cl2O2P/c2*1-29(27(39)23-15-7-3-8-16-23)31-37(33,35-25-19-11-5-12-20-25)32(30(2)28(40)24-17-9-4-10-18-24)38(31,34)36-26-21-13-6-14-22-26;1-10(9)8(11)7-5-3-2-4-6-7;7-11(8,9)10-6-4-2-1-3-5-6/h2*3-22H,1-2H3;2-6H,9H2,1H3;1-5H. The van der Waals surface area contributed by atoms with Gasteiger partial charge in [0.2, 0.25) is 0 Å². The number of nitrogens with zero attached hydrogens (tertiary/aromatic N) is 9. The summed E-state index contributed by atoms with van der Waals surface area (Å²) in [4.78, 5) is 1.78. The van der Waals surface area contributed by atoms with E-state index in [0.717, 1.165) is 23.8 Å². The Morgan fingerprint density at radius 1 is 0.304 bits per heavy atom. The van der Waals surface area contributed by atoms with Crippen LogP contribution in [0.2, 0.25) is 0 Å². The van der Waals surface area contributed by atoms with Gasteiger partial charge in [0.25, 0.3) is 0 Å². The van der Waals surface area contributed by atoms with Crippen molar-refractivity contribution in [3.63, 3.8) is 0 Å². The lowest BCUT2D eigenvalue weighted by atomic mass is 10.2. The van der Waals surface area contributed by atoms with E-state index in [0.29, 0.717) is 56.0 Å². The van der Waals surface area contributed by atoms with Crippen LogP contribution in [0.3, 0.4) is 0 Å². The Balaban J connectivity index is 0.000000183. The van der Waals surface area contributed by atoms with Gasteiger partial charge in [-0.2, -0.15) is 0 Å². The highest BCUT2D eigenvalue weighted by molar-refractivity contribution is 8.05. The zero-order valence-electron chi connectivity index (χ0n) is 55.1. The van der Waals surface area contributed by atoms with Crippen LogP contribution in [0, 0.1) is 0 Å². The predicted octanol–water partition coefficient (Wildman–Crippen LogP) is 19.7. The molecule has 2 saturated heterocycles. The second-order valence-electron chi connectivity index (χ2n) is 21.5. The molecule has 102 heavy (non-hydrogen) atoms. The highest BCUT2D eigenvalue weighted by Gasteiger charge is 2.77. The highest BCUT2D eigenvalue weighted by atomic mass is 35.9. The summed E-state index contributed by atoms with van der Waals surface area (Å²) in [7, 11) is -8.71. The Labute approximate surface area is 630 Å². The van der Waals surface area contributed by atoms with E-state index < -0.39 is 36.8 Å². The first-order chi connectivity index (χ1) is 48.8. The third kappa shape index (κ3) is 18.9. The Morgan fingerprint density at radius 2 is 0.461 bits per heavy atom. The third-order valence-corrected chi connectivity index (χ3v) is 30.7. The molecule has 2 heterocycles. The molecule has 10 aromatic carbocycles.